The Morgan fingerprint density at radius 2 is 1.93 bits per heavy atom. The average Bonchev–Trinajstić information content (AvgIpc) is 3.19. The molecule has 0 bridgehead atoms. The van der Waals surface area contributed by atoms with Crippen LogP contribution in [-0.2, 0) is 12.8 Å². The third-order valence-electron chi connectivity index (χ3n) is 6.09. The Kier molecular flexibility index (Phi) is 4.86. The van der Waals surface area contributed by atoms with Gasteiger partial charge in [0.05, 0.1) is 17.2 Å². The Labute approximate surface area is 162 Å². The molecule has 28 heavy (non-hydrogen) atoms. The molecule has 2 heterocycles. The fraction of sp³-hybridized carbons (Fsp3) is 0.500. The van der Waals surface area contributed by atoms with Crippen LogP contribution in [0.2, 0.25) is 0 Å². The molecule has 2 aliphatic carbocycles. The highest BCUT2D eigenvalue weighted by Crippen LogP contribution is 2.44. The van der Waals surface area contributed by atoms with E-state index in [2.05, 4.69) is 11.1 Å². The second-order valence-electron chi connectivity index (χ2n) is 7.93. The predicted octanol–water partition coefficient (Wildman–Crippen LogP) is 5.65. The van der Waals surface area contributed by atoms with Crippen molar-refractivity contribution in [1.29, 1.82) is 5.26 Å². The Hall–Kier alpha value is -2.42. The maximum atomic E-state index is 13.4. The predicted molar refractivity (Wildman–Crippen MR) is 99.7 cm³/mol. The largest absolute Gasteiger partial charge is 0.392 e. The van der Waals surface area contributed by atoms with Crippen molar-refractivity contribution in [3.63, 3.8) is 0 Å². The van der Waals surface area contributed by atoms with Crippen molar-refractivity contribution in [2.75, 3.05) is 0 Å². The van der Waals surface area contributed by atoms with Gasteiger partial charge < -0.3 is 0 Å². The number of hydrogen-bond acceptors (Lipinski definition) is 3. The van der Waals surface area contributed by atoms with Crippen molar-refractivity contribution < 1.29 is 13.2 Å². The lowest BCUT2D eigenvalue weighted by atomic mass is 9.79. The highest BCUT2D eigenvalue weighted by molar-refractivity contribution is 5.76. The molecule has 0 amide bonds. The van der Waals surface area contributed by atoms with Gasteiger partial charge in [-0.25, -0.2) is 0 Å². The van der Waals surface area contributed by atoms with Crippen molar-refractivity contribution in [1.82, 2.24) is 9.97 Å². The molecule has 1 atom stereocenters. The van der Waals surface area contributed by atoms with Gasteiger partial charge in [-0.3, -0.25) is 9.97 Å². The molecule has 2 aromatic rings. The molecule has 1 unspecified atom stereocenters. The number of fused-ring (bicyclic) bond motifs is 1. The first-order chi connectivity index (χ1) is 13.4. The van der Waals surface area contributed by atoms with Gasteiger partial charge in [0, 0.05) is 29.1 Å². The summed E-state index contributed by atoms with van der Waals surface area (Å²) in [5.74, 6) is -1.16. The van der Waals surface area contributed by atoms with E-state index < -0.39 is 12.1 Å². The lowest BCUT2D eigenvalue weighted by molar-refractivity contribution is -0.177. The molecule has 0 spiro atoms. The smallest absolute Gasteiger partial charge is 0.262 e. The number of halogens is 3. The summed E-state index contributed by atoms with van der Waals surface area (Å²) in [5, 5.41) is 9.99. The zero-order chi connectivity index (χ0) is 19.9. The van der Waals surface area contributed by atoms with E-state index in [1.54, 1.807) is 12.3 Å². The van der Waals surface area contributed by atoms with Crippen LogP contribution in [0.3, 0.4) is 0 Å². The molecular weight excluding hydrogens is 363 g/mol. The number of nitriles is 1. The van der Waals surface area contributed by atoms with E-state index in [1.165, 1.54) is 0 Å². The van der Waals surface area contributed by atoms with Crippen LogP contribution in [-0.4, -0.2) is 16.1 Å². The lowest BCUT2D eigenvalue weighted by Crippen LogP contribution is -2.30. The van der Waals surface area contributed by atoms with Gasteiger partial charge in [-0.2, -0.15) is 18.4 Å². The first-order valence-electron chi connectivity index (χ1n) is 9.84. The fourth-order valence-electron chi connectivity index (χ4n) is 4.68. The minimum atomic E-state index is -4.24. The first kappa shape index (κ1) is 18.9. The van der Waals surface area contributed by atoms with Crippen molar-refractivity contribution in [3.8, 4) is 17.2 Å². The van der Waals surface area contributed by atoms with Crippen molar-refractivity contribution in [3.05, 3.63) is 46.5 Å². The molecule has 0 radical (unpaired) electrons. The minimum Gasteiger partial charge on any atom is -0.262 e. The maximum absolute atomic E-state index is 13.4. The van der Waals surface area contributed by atoms with Crippen LogP contribution >= 0.6 is 0 Å². The number of hydrogen-bond donors (Lipinski definition) is 0. The number of rotatable bonds is 2. The highest BCUT2D eigenvalue weighted by atomic mass is 19.4. The normalized spacial score (nSPS) is 20.0. The third kappa shape index (κ3) is 3.39. The molecule has 0 aliphatic heterocycles. The molecule has 1 fully saturated rings. The molecule has 4 rings (SSSR count). The molecule has 6 heteroatoms. The summed E-state index contributed by atoms with van der Waals surface area (Å²) in [7, 11) is 0. The van der Waals surface area contributed by atoms with E-state index in [4.69, 9.17) is 4.98 Å². The van der Waals surface area contributed by atoms with Crippen LogP contribution in [0.15, 0.2) is 18.3 Å². The topological polar surface area (TPSA) is 49.6 Å². The molecule has 2 aromatic heterocycles. The van der Waals surface area contributed by atoms with Gasteiger partial charge in [0.2, 0.25) is 0 Å². The summed E-state index contributed by atoms with van der Waals surface area (Å²) >= 11 is 0. The van der Waals surface area contributed by atoms with Crippen molar-refractivity contribution >= 4 is 0 Å². The number of nitrogens with zero attached hydrogens (tertiary/aromatic N) is 3. The molecule has 3 nitrogen and oxygen atoms in total. The Balaban J connectivity index is 1.94. The zero-order valence-corrected chi connectivity index (χ0v) is 15.8. The number of aryl methyl sites for hydroxylation is 2. The minimum absolute atomic E-state index is 0.0638. The van der Waals surface area contributed by atoms with E-state index in [-0.39, 0.29) is 18.8 Å². The highest BCUT2D eigenvalue weighted by Gasteiger charge is 2.43. The van der Waals surface area contributed by atoms with Crippen LogP contribution in [0, 0.1) is 24.2 Å². The van der Waals surface area contributed by atoms with Crippen LogP contribution in [0.1, 0.15) is 66.2 Å². The Morgan fingerprint density at radius 3 is 2.57 bits per heavy atom. The van der Waals surface area contributed by atoms with Gasteiger partial charge in [0.1, 0.15) is 6.07 Å². The second-order valence-corrected chi connectivity index (χ2v) is 7.93. The summed E-state index contributed by atoms with van der Waals surface area (Å²) in [4.78, 5) is 8.99. The van der Waals surface area contributed by atoms with E-state index >= 15 is 0 Å². The molecular formula is C22H22F3N3. The lowest BCUT2D eigenvalue weighted by Gasteiger charge is -2.29. The van der Waals surface area contributed by atoms with Gasteiger partial charge in [0.15, 0.2) is 0 Å². The number of alkyl halides is 3. The van der Waals surface area contributed by atoms with E-state index in [0.29, 0.717) is 23.1 Å². The molecule has 0 N–H and O–H groups in total. The van der Waals surface area contributed by atoms with Crippen LogP contribution in [0.5, 0.6) is 0 Å². The summed E-state index contributed by atoms with van der Waals surface area (Å²) < 4.78 is 40.3. The van der Waals surface area contributed by atoms with Crippen molar-refractivity contribution in [2.45, 2.75) is 64.0 Å². The SMILES string of the molecule is Cc1cc(-c2c(C#N)c(C3CCCC3)nc3c2CC(C(F)(F)F)CC3)ccn1. The van der Waals surface area contributed by atoms with Crippen LogP contribution in [0.4, 0.5) is 13.2 Å². The number of pyridine rings is 2. The fourth-order valence-corrected chi connectivity index (χ4v) is 4.68. The Bertz CT molecular complexity index is 937. The second kappa shape index (κ2) is 7.20. The maximum Gasteiger partial charge on any atom is 0.392 e. The average molecular weight is 385 g/mol. The molecule has 0 aromatic carbocycles. The van der Waals surface area contributed by atoms with Crippen LogP contribution in [0.25, 0.3) is 11.1 Å². The quantitative estimate of drug-likeness (QED) is 0.671. The zero-order valence-electron chi connectivity index (χ0n) is 15.8. The standard InChI is InChI=1S/C22H22F3N3/c1-13-10-15(8-9-27-13)20-17-11-16(22(23,24)25)6-7-19(17)28-21(18(20)12-26)14-4-2-3-5-14/h8-10,14,16H,2-7,11H2,1H3. The van der Waals surface area contributed by atoms with Crippen molar-refractivity contribution in [2.24, 2.45) is 5.92 Å². The van der Waals surface area contributed by atoms with Crippen LogP contribution < -0.4 is 0 Å². The van der Waals surface area contributed by atoms with Gasteiger partial charge in [-0.15, -0.1) is 0 Å². The van der Waals surface area contributed by atoms with Gasteiger partial charge in [0.25, 0.3) is 0 Å². The van der Waals surface area contributed by atoms with E-state index in [0.717, 1.165) is 48.3 Å². The Morgan fingerprint density at radius 1 is 1.18 bits per heavy atom. The summed E-state index contributed by atoms with van der Waals surface area (Å²) in [6.45, 7) is 1.85. The summed E-state index contributed by atoms with van der Waals surface area (Å²) in [6, 6.07) is 5.94. The summed E-state index contributed by atoms with van der Waals surface area (Å²) in [6.07, 6.45) is 1.86. The van der Waals surface area contributed by atoms with E-state index in [1.807, 2.05) is 13.0 Å². The summed E-state index contributed by atoms with van der Waals surface area (Å²) in [5.41, 5.74) is 4.77. The molecule has 1 saturated carbocycles. The van der Waals surface area contributed by atoms with Gasteiger partial charge in [-0.05, 0) is 62.3 Å². The van der Waals surface area contributed by atoms with Gasteiger partial charge in [-0.1, -0.05) is 12.8 Å². The number of aromatic nitrogens is 2. The first-order valence-corrected chi connectivity index (χ1v) is 9.84. The molecule has 2 aliphatic rings. The molecule has 146 valence electrons. The van der Waals surface area contributed by atoms with Gasteiger partial charge >= 0.3 is 6.18 Å². The molecule has 0 saturated heterocycles. The van der Waals surface area contributed by atoms with E-state index in [9.17, 15) is 18.4 Å². The monoisotopic (exact) mass is 385 g/mol. The third-order valence-corrected chi connectivity index (χ3v) is 6.09.